The zero-order valence-electron chi connectivity index (χ0n) is 22.8. The first-order chi connectivity index (χ1) is 16.9. The molecular formula is C29H44O7. The van der Waals surface area contributed by atoms with Gasteiger partial charge in [-0.05, 0) is 80.0 Å². The van der Waals surface area contributed by atoms with E-state index >= 15 is 0 Å². The van der Waals surface area contributed by atoms with E-state index in [1.807, 2.05) is 0 Å². The molecule has 4 aliphatic rings. The highest BCUT2D eigenvalue weighted by molar-refractivity contribution is 5.87. The third-order valence-electron chi connectivity index (χ3n) is 10.9. The van der Waals surface area contributed by atoms with E-state index in [4.69, 9.17) is 14.2 Å². The van der Waals surface area contributed by atoms with Crippen LogP contribution < -0.4 is 0 Å². The van der Waals surface area contributed by atoms with Crippen LogP contribution in [0.4, 0.5) is 0 Å². The SMILES string of the molecule is COC(=O)CC[C@H](C)[C@H]1CC[C@@H]2[C@@H]3[C@@H](CC(=O)[C@@]21C)[C@@]1(C)CC[C@@H](OC(C)=O)C[C@H]1C[C@H]3OC(C)=O. The molecule has 0 heterocycles. The van der Waals surface area contributed by atoms with Gasteiger partial charge in [-0.15, -0.1) is 0 Å². The van der Waals surface area contributed by atoms with Gasteiger partial charge in [0.25, 0.3) is 0 Å². The lowest BCUT2D eigenvalue weighted by Gasteiger charge is -2.62. The van der Waals surface area contributed by atoms with Crippen molar-refractivity contribution in [3.63, 3.8) is 0 Å². The van der Waals surface area contributed by atoms with Crippen molar-refractivity contribution in [2.45, 2.75) is 105 Å². The van der Waals surface area contributed by atoms with Crippen LogP contribution in [0.15, 0.2) is 0 Å². The van der Waals surface area contributed by atoms with Crippen molar-refractivity contribution in [1.82, 2.24) is 0 Å². The summed E-state index contributed by atoms with van der Waals surface area (Å²) in [6, 6.07) is 0. The number of hydrogen-bond acceptors (Lipinski definition) is 7. The second-order valence-corrected chi connectivity index (χ2v) is 12.6. The summed E-state index contributed by atoms with van der Waals surface area (Å²) in [6.45, 7) is 9.57. The molecule has 0 unspecified atom stereocenters. The number of rotatable bonds is 6. The highest BCUT2D eigenvalue weighted by atomic mass is 16.5. The van der Waals surface area contributed by atoms with Crippen molar-refractivity contribution in [2.24, 2.45) is 46.3 Å². The van der Waals surface area contributed by atoms with Gasteiger partial charge in [0.05, 0.1) is 7.11 Å². The molecule has 0 spiro atoms. The Hall–Kier alpha value is -1.92. The van der Waals surface area contributed by atoms with Gasteiger partial charge < -0.3 is 14.2 Å². The van der Waals surface area contributed by atoms with Crippen molar-refractivity contribution in [3.8, 4) is 0 Å². The lowest BCUT2D eigenvalue weighted by molar-refractivity contribution is -0.196. The maximum Gasteiger partial charge on any atom is 0.305 e. The van der Waals surface area contributed by atoms with Crippen molar-refractivity contribution in [1.29, 1.82) is 0 Å². The number of ketones is 1. The molecule has 4 fully saturated rings. The molecule has 7 heteroatoms. The first kappa shape index (κ1) is 27.1. The number of carbonyl (C=O) groups is 4. The number of esters is 3. The number of fused-ring (bicyclic) bond motifs is 5. The van der Waals surface area contributed by atoms with Gasteiger partial charge >= 0.3 is 17.9 Å². The molecule has 4 rings (SSSR count). The van der Waals surface area contributed by atoms with Crippen LogP contribution in [0.2, 0.25) is 0 Å². The van der Waals surface area contributed by atoms with E-state index in [0.29, 0.717) is 25.0 Å². The molecule has 0 amide bonds. The summed E-state index contributed by atoms with van der Waals surface area (Å²) in [5.41, 5.74) is -0.503. The highest BCUT2D eigenvalue weighted by Crippen LogP contribution is 2.67. The summed E-state index contributed by atoms with van der Waals surface area (Å²) in [6.07, 6.45) is 6.44. The third kappa shape index (κ3) is 4.60. The molecule has 0 aromatic heterocycles. The second kappa shape index (κ2) is 10.1. The Morgan fingerprint density at radius 1 is 1.00 bits per heavy atom. The number of methoxy groups -OCH3 is 1. The van der Waals surface area contributed by atoms with Crippen LogP contribution in [0.1, 0.15) is 92.4 Å². The minimum Gasteiger partial charge on any atom is -0.469 e. The average Bonchev–Trinajstić information content (AvgIpc) is 3.16. The normalized spacial score (nSPS) is 42.4. The largest absolute Gasteiger partial charge is 0.469 e. The third-order valence-corrected chi connectivity index (χ3v) is 10.9. The van der Waals surface area contributed by atoms with E-state index in [9.17, 15) is 19.2 Å². The van der Waals surface area contributed by atoms with Crippen LogP contribution in [0, 0.1) is 46.3 Å². The Balaban J connectivity index is 1.62. The smallest absolute Gasteiger partial charge is 0.305 e. The van der Waals surface area contributed by atoms with Crippen LogP contribution in [0.3, 0.4) is 0 Å². The zero-order valence-corrected chi connectivity index (χ0v) is 22.8. The van der Waals surface area contributed by atoms with Gasteiger partial charge in [0, 0.05) is 38.0 Å². The van der Waals surface area contributed by atoms with E-state index in [-0.39, 0.29) is 71.0 Å². The summed E-state index contributed by atoms with van der Waals surface area (Å²) in [5.74, 6) is 0.785. The van der Waals surface area contributed by atoms with Gasteiger partial charge in [0.1, 0.15) is 18.0 Å². The van der Waals surface area contributed by atoms with Crippen LogP contribution in [-0.2, 0) is 33.4 Å². The Morgan fingerprint density at radius 3 is 2.33 bits per heavy atom. The lowest BCUT2D eigenvalue weighted by Crippen LogP contribution is -2.62. The van der Waals surface area contributed by atoms with E-state index in [2.05, 4.69) is 20.8 Å². The van der Waals surface area contributed by atoms with Gasteiger partial charge in [0.2, 0.25) is 0 Å². The van der Waals surface area contributed by atoms with Crippen molar-refractivity contribution in [2.75, 3.05) is 7.11 Å². The van der Waals surface area contributed by atoms with Crippen molar-refractivity contribution >= 4 is 23.7 Å². The summed E-state index contributed by atoms with van der Waals surface area (Å²) >= 11 is 0. The molecule has 0 N–H and O–H groups in total. The molecule has 4 aliphatic carbocycles. The lowest BCUT2D eigenvalue weighted by atomic mass is 9.43. The summed E-state index contributed by atoms with van der Waals surface area (Å²) in [5, 5.41) is 0. The summed E-state index contributed by atoms with van der Waals surface area (Å²) in [7, 11) is 1.41. The van der Waals surface area contributed by atoms with Gasteiger partial charge in [-0.1, -0.05) is 20.8 Å². The molecule has 10 atom stereocenters. The predicted molar refractivity (Wildman–Crippen MR) is 133 cm³/mol. The predicted octanol–water partition coefficient (Wildman–Crippen LogP) is 4.89. The molecule has 36 heavy (non-hydrogen) atoms. The maximum atomic E-state index is 14.0. The minimum atomic E-state index is -0.465. The highest BCUT2D eigenvalue weighted by Gasteiger charge is 2.66. The van der Waals surface area contributed by atoms with Gasteiger partial charge in [-0.2, -0.15) is 0 Å². The number of carbonyl (C=O) groups excluding carboxylic acids is 4. The molecule has 0 bridgehead atoms. The Labute approximate surface area is 215 Å². The zero-order chi connectivity index (χ0) is 26.4. The van der Waals surface area contributed by atoms with E-state index in [0.717, 1.165) is 38.5 Å². The molecule has 7 nitrogen and oxygen atoms in total. The Morgan fingerprint density at radius 2 is 1.69 bits per heavy atom. The second-order valence-electron chi connectivity index (χ2n) is 12.6. The van der Waals surface area contributed by atoms with E-state index in [1.165, 1.54) is 21.0 Å². The molecule has 4 saturated carbocycles. The monoisotopic (exact) mass is 504 g/mol. The quantitative estimate of drug-likeness (QED) is 0.375. The van der Waals surface area contributed by atoms with Gasteiger partial charge in [-0.25, -0.2) is 0 Å². The molecule has 0 aromatic carbocycles. The topological polar surface area (TPSA) is 96.0 Å². The van der Waals surface area contributed by atoms with Crippen LogP contribution in [-0.4, -0.2) is 43.0 Å². The van der Waals surface area contributed by atoms with Gasteiger partial charge in [-0.3, -0.25) is 19.2 Å². The first-order valence-corrected chi connectivity index (χ1v) is 13.9. The minimum absolute atomic E-state index is 0.0382. The van der Waals surface area contributed by atoms with Crippen molar-refractivity contribution < 1.29 is 33.4 Å². The average molecular weight is 505 g/mol. The molecule has 0 saturated heterocycles. The van der Waals surface area contributed by atoms with Crippen LogP contribution in [0.25, 0.3) is 0 Å². The van der Waals surface area contributed by atoms with Crippen molar-refractivity contribution in [3.05, 3.63) is 0 Å². The van der Waals surface area contributed by atoms with Crippen LogP contribution in [0.5, 0.6) is 0 Å². The Kier molecular flexibility index (Phi) is 7.60. The van der Waals surface area contributed by atoms with E-state index < -0.39 is 5.41 Å². The summed E-state index contributed by atoms with van der Waals surface area (Å²) in [4.78, 5) is 49.7. The number of hydrogen-bond donors (Lipinski definition) is 0. The van der Waals surface area contributed by atoms with Gasteiger partial charge in [0.15, 0.2) is 0 Å². The number of ether oxygens (including phenoxy) is 3. The molecule has 0 radical (unpaired) electrons. The van der Waals surface area contributed by atoms with E-state index in [1.54, 1.807) is 0 Å². The molecular weight excluding hydrogens is 460 g/mol. The van der Waals surface area contributed by atoms with Crippen LogP contribution >= 0.6 is 0 Å². The standard InChI is InChI=1S/C29H44O7/c1-16(7-10-26(33)34-6)21-8-9-22-27-23(15-25(32)29(21,22)5)28(4)12-11-20(35-17(2)30)13-19(28)14-24(27)36-18(3)31/h16,19-24,27H,7-15H2,1-6H3/t16-,19-,20+,21+,22+,23+,24+,27+,28-,29+/m0/s1. The molecule has 0 aliphatic heterocycles. The fraction of sp³-hybridized carbons (Fsp3) is 0.862. The number of Topliss-reactive ketones (excluding diaryl/α,β-unsaturated/α-hetero) is 1. The fourth-order valence-corrected chi connectivity index (χ4v) is 9.14. The fourth-order valence-electron chi connectivity index (χ4n) is 9.14. The first-order valence-electron chi connectivity index (χ1n) is 13.9. The molecule has 202 valence electrons. The Bertz CT molecular complexity index is 898. The molecule has 0 aromatic rings. The maximum absolute atomic E-state index is 14.0. The summed E-state index contributed by atoms with van der Waals surface area (Å²) < 4.78 is 16.5.